The summed E-state index contributed by atoms with van der Waals surface area (Å²) in [5, 5.41) is 1.12. The molecule has 0 saturated carbocycles. The standard InChI is InChI=1S/C17H18N4S/c18-10-12-7-9-21(15-6-2-1-4-13(12)15)11-16-20-14-5-3-8-19-17(14)22-16/h1-6,8,12H,7,9-11,18H2. The molecular weight excluding hydrogens is 292 g/mol. The number of rotatable bonds is 3. The van der Waals surface area contributed by atoms with Gasteiger partial charge in [0.05, 0.1) is 6.54 Å². The third kappa shape index (κ3) is 2.36. The van der Waals surface area contributed by atoms with Gasteiger partial charge in [-0.3, -0.25) is 0 Å². The van der Waals surface area contributed by atoms with E-state index in [2.05, 4.69) is 34.1 Å². The summed E-state index contributed by atoms with van der Waals surface area (Å²) in [6.07, 6.45) is 2.93. The smallest absolute Gasteiger partial charge is 0.143 e. The van der Waals surface area contributed by atoms with Crippen LogP contribution < -0.4 is 10.6 Å². The molecule has 3 heterocycles. The summed E-state index contributed by atoms with van der Waals surface area (Å²) in [7, 11) is 0. The maximum atomic E-state index is 5.93. The van der Waals surface area contributed by atoms with Crippen molar-refractivity contribution < 1.29 is 0 Å². The van der Waals surface area contributed by atoms with Crippen LogP contribution in [0.25, 0.3) is 10.3 Å². The highest BCUT2D eigenvalue weighted by atomic mass is 32.1. The van der Waals surface area contributed by atoms with Crippen LogP contribution in [0.2, 0.25) is 0 Å². The lowest BCUT2D eigenvalue weighted by molar-refractivity contribution is 0.580. The molecule has 112 valence electrons. The molecule has 0 saturated heterocycles. The van der Waals surface area contributed by atoms with Crippen molar-refractivity contribution in [3.63, 3.8) is 0 Å². The largest absolute Gasteiger partial charge is 0.365 e. The number of nitrogens with two attached hydrogens (primary N) is 1. The third-order valence-electron chi connectivity index (χ3n) is 4.29. The predicted octanol–water partition coefficient (Wildman–Crippen LogP) is 3.14. The first kappa shape index (κ1) is 13.7. The second-order valence-electron chi connectivity index (χ2n) is 5.64. The van der Waals surface area contributed by atoms with Gasteiger partial charge in [0, 0.05) is 18.4 Å². The second-order valence-corrected chi connectivity index (χ2v) is 6.70. The summed E-state index contributed by atoms with van der Waals surface area (Å²) in [6.45, 7) is 2.59. The van der Waals surface area contributed by atoms with E-state index in [1.807, 2.05) is 18.3 Å². The number of thiazole rings is 1. The Morgan fingerprint density at radius 2 is 2.14 bits per heavy atom. The fourth-order valence-corrected chi connectivity index (χ4v) is 4.08. The molecule has 4 rings (SSSR count). The van der Waals surface area contributed by atoms with Gasteiger partial charge in [0.15, 0.2) is 0 Å². The van der Waals surface area contributed by atoms with E-state index in [1.54, 1.807) is 11.3 Å². The van der Waals surface area contributed by atoms with E-state index in [0.29, 0.717) is 5.92 Å². The van der Waals surface area contributed by atoms with Crippen LogP contribution in [0.1, 0.15) is 22.9 Å². The van der Waals surface area contributed by atoms with Crippen molar-refractivity contribution in [1.82, 2.24) is 9.97 Å². The van der Waals surface area contributed by atoms with Gasteiger partial charge in [-0.05, 0) is 42.6 Å². The van der Waals surface area contributed by atoms with Crippen LogP contribution in [0.3, 0.4) is 0 Å². The summed E-state index contributed by atoms with van der Waals surface area (Å²) in [5.74, 6) is 0.476. The predicted molar refractivity (Wildman–Crippen MR) is 91.3 cm³/mol. The topological polar surface area (TPSA) is 55.0 Å². The zero-order valence-corrected chi connectivity index (χ0v) is 13.1. The van der Waals surface area contributed by atoms with E-state index in [1.165, 1.54) is 11.3 Å². The Morgan fingerprint density at radius 3 is 3.00 bits per heavy atom. The van der Waals surface area contributed by atoms with Crippen molar-refractivity contribution in [2.45, 2.75) is 18.9 Å². The van der Waals surface area contributed by atoms with Crippen LogP contribution in [0.4, 0.5) is 5.69 Å². The van der Waals surface area contributed by atoms with Gasteiger partial charge in [-0.15, -0.1) is 0 Å². The molecule has 0 fully saturated rings. The maximum absolute atomic E-state index is 5.93. The molecule has 2 N–H and O–H groups in total. The Morgan fingerprint density at radius 1 is 1.23 bits per heavy atom. The number of para-hydroxylation sites is 1. The van der Waals surface area contributed by atoms with Crippen molar-refractivity contribution in [2.24, 2.45) is 5.73 Å². The Hall–Kier alpha value is -1.98. The molecule has 0 bridgehead atoms. The Labute approximate surface area is 133 Å². The maximum Gasteiger partial charge on any atom is 0.143 e. The minimum atomic E-state index is 0.476. The lowest BCUT2D eigenvalue weighted by Gasteiger charge is -2.34. The van der Waals surface area contributed by atoms with E-state index < -0.39 is 0 Å². The summed E-state index contributed by atoms with van der Waals surface area (Å²) in [5.41, 5.74) is 9.60. The van der Waals surface area contributed by atoms with Gasteiger partial charge < -0.3 is 10.6 Å². The first-order valence-corrected chi connectivity index (χ1v) is 8.41. The molecule has 2 aromatic heterocycles. The third-order valence-corrected chi connectivity index (χ3v) is 5.25. The molecule has 4 nitrogen and oxygen atoms in total. The number of anilines is 1. The summed E-state index contributed by atoms with van der Waals surface area (Å²) >= 11 is 1.68. The van der Waals surface area contributed by atoms with E-state index >= 15 is 0 Å². The molecule has 1 aliphatic rings. The summed E-state index contributed by atoms with van der Waals surface area (Å²) in [6, 6.07) is 12.6. The SMILES string of the molecule is NCC1CCN(Cc2nc3cccnc3s2)c2ccccc21. The number of hydrogen-bond donors (Lipinski definition) is 1. The number of benzene rings is 1. The Bertz CT molecular complexity index is 765. The van der Waals surface area contributed by atoms with Gasteiger partial charge in [-0.2, -0.15) is 0 Å². The van der Waals surface area contributed by atoms with Gasteiger partial charge in [-0.1, -0.05) is 29.5 Å². The van der Waals surface area contributed by atoms with Gasteiger partial charge >= 0.3 is 0 Å². The average Bonchev–Trinajstić information content (AvgIpc) is 2.97. The zero-order chi connectivity index (χ0) is 14.9. The normalized spacial score (nSPS) is 17.7. The quantitative estimate of drug-likeness (QED) is 0.807. The lowest BCUT2D eigenvalue weighted by atomic mass is 9.90. The summed E-state index contributed by atoms with van der Waals surface area (Å²) < 4.78 is 0. The second kappa shape index (κ2) is 5.66. The summed E-state index contributed by atoms with van der Waals surface area (Å²) in [4.78, 5) is 12.5. The molecule has 5 heteroatoms. The van der Waals surface area contributed by atoms with Crippen LogP contribution in [0.5, 0.6) is 0 Å². The first-order chi connectivity index (χ1) is 10.8. The van der Waals surface area contributed by atoms with Crippen molar-refractivity contribution in [2.75, 3.05) is 18.0 Å². The van der Waals surface area contributed by atoms with Crippen LogP contribution in [0, 0.1) is 0 Å². The van der Waals surface area contributed by atoms with Crippen LogP contribution >= 0.6 is 11.3 Å². The fourth-order valence-electron chi connectivity index (χ4n) is 3.16. The van der Waals surface area contributed by atoms with Gasteiger partial charge in [-0.25, -0.2) is 9.97 Å². The molecular formula is C17H18N4S. The van der Waals surface area contributed by atoms with E-state index in [4.69, 9.17) is 10.7 Å². The highest BCUT2D eigenvalue weighted by Gasteiger charge is 2.24. The lowest BCUT2D eigenvalue weighted by Crippen LogP contribution is -2.32. The minimum absolute atomic E-state index is 0.476. The molecule has 0 radical (unpaired) electrons. The molecule has 1 unspecified atom stereocenters. The van der Waals surface area contributed by atoms with Crippen LogP contribution in [-0.2, 0) is 6.54 Å². The molecule has 1 atom stereocenters. The number of nitrogens with zero attached hydrogens (tertiary/aromatic N) is 3. The molecule has 0 spiro atoms. The van der Waals surface area contributed by atoms with Crippen LogP contribution in [-0.4, -0.2) is 23.1 Å². The minimum Gasteiger partial charge on any atom is -0.365 e. The van der Waals surface area contributed by atoms with Crippen molar-refractivity contribution in [1.29, 1.82) is 0 Å². The molecule has 1 aliphatic heterocycles. The van der Waals surface area contributed by atoms with Crippen LogP contribution in [0.15, 0.2) is 42.6 Å². The molecule has 0 amide bonds. The van der Waals surface area contributed by atoms with Crippen molar-refractivity contribution >= 4 is 27.4 Å². The van der Waals surface area contributed by atoms with Crippen molar-refractivity contribution in [3.05, 3.63) is 53.2 Å². The van der Waals surface area contributed by atoms with E-state index in [0.717, 1.165) is 41.4 Å². The molecule has 22 heavy (non-hydrogen) atoms. The monoisotopic (exact) mass is 310 g/mol. The Kier molecular flexibility index (Phi) is 3.52. The highest BCUT2D eigenvalue weighted by Crippen LogP contribution is 2.35. The average molecular weight is 310 g/mol. The van der Waals surface area contributed by atoms with Crippen molar-refractivity contribution in [3.8, 4) is 0 Å². The molecule has 0 aliphatic carbocycles. The fraction of sp³-hybridized carbons (Fsp3) is 0.294. The number of hydrogen-bond acceptors (Lipinski definition) is 5. The number of fused-ring (bicyclic) bond motifs is 2. The van der Waals surface area contributed by atoms with Gasteiger partial charge in [0.25, 0.3) is 0 Å². The van der Waals surface area contributed by atoms with E-state index in [-0.39, 0.29) is 0 Å². The van der Waals surface area contributed by atoms with E-state index in [9.17, 15) is 0 Å². The highest BCUT2D eigenvalue weighted by molar-refractivity contribution is 7.18. The van der Waals surface area contributed by atoms with Gasteiger partial charge in [0.2, 0.25) is 0 Å². The molecule has 3 aromatic rings. The molecule has 1 aromatic carbocycles. The number of pyridine rings is 1. The first-order valence-electron chi connectivity index (χ1n) is 7.59. The Balaban J connectivity index is 1.65. The zero-order valence-electron chi connectivity index (χ0n) is 12.3. The van der Waals surface area contributed by atoms with Gasteiger partial charge in [0.1, 0.15) is 15.4 Å². The number of aromatic nitrogens is 2.